The predicted octanol–water partition coefficient (Wildman–Crippen LogP) is 5.02. The monoisotopic (exact) mass is 456 g/mol. The van der Waals surface area contributed by atoms with E-state index in [2.05, 4.69) is 30.6 Å². The first-order valence-electron chi connectivity index (χ1n) is 8.60. The van der Waals surface area contributed by atoms with Crippen LogP contribution in [-0.4, -0.2) is 43.6 Å². The summed E-state index contributed by atoms with van der Waals surface area (Å²) in [6.07, 6.45) is 1.40. The van der Waals surface area contributed by atoms with Crippen molar-refractivity contribution in [1.29, 1.82) is 0 Å². The zero-order chi connectivity index (χ0) is 21.6. The molecule has 0 radical (unpaired) electrons. The van der Waals surface area contributed by atoms with E-state index in [0.29, 0.717) is 27.8 Å². The number of rotatable bonds is 5. The first kappa shape index (κ1) is 22.9. The lowest BCUT2D eigenvalue weighted by Gasteiger charge is -2.09. The van der Waals surface area contributed by atoms with Gasteiger partial charge in [-0.1, -0.05) is 29.3 Å². The van der Waals surface area contributed by atoms with Crippen molar-refractivity contribution in [3.05, 3.63) is 45.3 Å². The third kappa shape index (κ3) is 6.56. The Morgan fingerprint density at radius 2 is 1.83 bits per heavy atom. The smallest absolute Gasteiger partial charge is 0.339 e. The molecule has 0 aliphatic rings. The lowest BCUT2D eigenvalue weighted by atomic mass is 10.1. The number of hydrogen-bond donors (Lipinski definition) is 3. The second-order valence-electron chi connectivity index (χ2n) is 6.03. The molecule has 0 fully saturated rings. The second-order valence-corrected chi connectivity index (χ2v) is 7.22. The number of fused-ring (bicyclic) bond motifs is 1. The molecule has 154 valence electrons. The molecule has 1 aromatic carbocycles. The van der Waals surface area contributed by atoms with Crippen LogP contribution in [0.4, 0.5) is 11.9 Å². The molecule has 3 aromatic rings. The molecule has 0 saturated carbocycles. The molecule has 0 bridgehead atoms. The number of carboxylic acid groups (broad SMARTS) is 1. The van der Waals surface area contributed by atoms with Crippen LogP contribution in [0.1, 0.15) is 31.1 Å². The minimum absolute atomic E-state index is 0.00540. The molecule has 2 heterocycles. The van der Waals surface area contributed by atoms with E-state index in [-0.39, 0.29) is 21.9 Å². The van der Waals surface area contributed by atoms with Gasteiger partial charge in [-0.15, -0.1) is 0 Å². The molecule has 11 heteroatoms. The highest BCUT2D eigenvalue weighted by Crippen LogP contribution is 2.26. The Bertz CT molecular complexity index is 1020. The van der Waals surface area contributed by atoms with Gasteiger partial charge in [0.05, 0.1) is 15.6 Å². The van der Waals surface area contributed by atoms with Crippen LogP contribution in [0.3, 0.4) is 0 Å². The molecule has 8 nitrogen and oxygen atoms in total. The van der Waals surface area contributed by atoms with Crippen LogP contribution < -0.4 is 10.6 Å². The van der Waals surface area contributed by atoms with Crippen LogP contribution in [0, 0.1) is 0 Å². The molecule has 0 amide bonds. The van der Waals surface area contributed by atoms with Crippen molar-refractivity contribution >= 4 is 63.6 Å². The Hall–Kier alpha value is -2.42. The van der Waals surface area contributed by atoms with Crippen LogP contribution in [0.15, 0.2) is 24.4 Å². The van der Waals surface area contributed by atoms with Crippen molar-refractivity contribution < 1.29 is 9.90 Å². The van der Waals surface area contributed by atoms with Crippen LogP contribution in [-0.2, 0) is 0 Å². The van der Waals surface area contributed by atoms with Crippen LogP contribution in [0.25, 0.3) is 10.9 Å². The molecular weight excluding hydrogens is 439 g/mol. The summed E-state index contributed by atoms with van der Waals surface area (Å²) >= 11 is 17.3. The summed E-state index contributed by atoms with van der Waals surface area (Å²) in [6.45, 7) is 6.73. The molecule has 0 spiro atoms. The standard InChI is InChI=1S/C10H5Cl2NO2.C8H14ClN5/c11-6-3-5-1-2-7(12)8(10(14)15)9(5)13-4-6;1-4-10-7-12-6(9)13-8(14-7)11-5(2)3/h1-4H,(H,14,15);5H,4H2,1-3H3,(H2,10,11,12,13,14). The van der Waals surface area contributed by atoms with Crippen molar-refractivity contribution in [2.45, 2.75) is 26.8 Å². The number of carbonyl (C=O) groups is 1. The normalized spacial score (nSPS) is 10.4. The van der Waals surface area contributed by atoms with E-state index >= 15 is 0 Å². The third-order valence-corrected chi connectivity index (χ3v) is 4.03. The van der Waals surface area contributed by atoms with Gasteiger partial charge in [-0.05, 0) is 44.5 Å². The van der Waals surface area contributed by atoms with Gasteiger partial charge >= 0.3 is 5.97 Å². The second kappa shape index (κ2) is 10.4. The van der Waals surface area contributed by atoms with Crippen molar-refractivity contribution in [1.82, 2.24) is 19.9 Å². The maximum Gasteiger partial charge on any atom is 0.339 e. The molecule has 2 aromatic heterocycles. The summed E-state index contributed by atoms with van der Waals surface area (Å²) in [7, 11) is 0. The molecule has 0 aliphatic heterocycles. The third-order valence-electron chi connectivity index (χ3n) is 3.34. The van der Waals surface area contributed by atoms with Gasteiger partial charge < -0.3 is 15.7 Å². The largest absolute Gasteiger partial charge is 0.478 e. The molecule has 3 rings (SSSR count). The number of hydrogen-bond acceptors (Lipinski definition) is 7. The minimum atomic E-state index is -1.10. The first-order valence-corrected chi connectivity index (χ1v) is 9.73. The Morgan fingerprint density at radius 1 is 1.14 bits per heavy atom. The lowest BCUT2D eigenvalue weighted by molar-refractivity contribution is 0.0699. The van der Waals surface area contributed by atoms with E-state index in [1.165, 1.54) is 12.3 Å². The van der Waals surface area contributed by atoms with Gasteiger partial charge in [-0.25, -0.2) is 4.79 Å². The van der Waals surface area contributed by atoms with Gasteiger partial charge in [-0.2, -0.15) is 15.0 Å². The SMILES string of the molecule is CCNc1nc(Cl)nc(NC(C)C)n1.O=C(O)c1c(Cl)ccc2cc(Cl)cnc12. The average molecular weight is 458 g/mol. The number of halogens is 3. The van der Waals surface area contributed by atoms with E-state index < -0.39 is 5.97 Å². The maximum absolute atomic E-state index is 11.0. The van der Waals surface area contributed by atoms with E-state index in [0.717, 1.165) is 6.54 Å². The zero-order valence-corrected chi connectivity index (χ0v) is 18.1. The quantitative estimate of drug-likeness (QED) is 0.489. The van der Waals surface area contributed by atoms with Crippen molar-refractivity contribution in [3.63, 3.8) is 0 Å². The highest BCUT2D eigenvalue weighted by molar-refractivity contribution is 6.35. The van der Waals surface area contributed by atoms with Gasteiger partial charge in [0.15, 0.2) is 0 Å². The first-order chi connectivity index (χ1) is 13.7. The molecular formula is C18H19Cl3N6O2. The van der Waals surface area contributed by atoms with Crippen LogP contribution >= 0.6 is 34.8 Å². The molecule has 0 atom stereocenters. The Balaban J connectivity index is 0.000000208. The van der Waals surface area contributed by atoms with Crippen molar-refractivity contribution in [2.75, 3.05) is 17.2 Å². The van der Waals surface area contributed by atoms with Gasteiger partial charge in [0.1, 0.15) is 5.56 Å². The molecule has 0 aliphatic carbocycles. The topological polar surface area (TPSA) is 113 Å². The number of aromatic carboxylic acids is 1. The number of carboxylic acids is 1. The fourth-order valence-electron chi connectivity index (χ4n) is 2.26. The Morgan fingerprint density at radius 3 is 2.45 bits per heavy atom. The zero-order valence-electron chi connectivity index (χ0n) is 15.9. The van der Waals surface area contributed by atoms with Crippen LogP contribution in [0.5, 0.6) is 0 Å². The number of anilines is 2. The number of nitrogens with one attached hydrogen (secondary N) is 2. The highest BCUT2D eigenvalue weighted by atomic mass is 35.5. The van der Waals surface area contributed by atoms with Gasteiger partial charge in [0.2, 0.25) is 17.2 Å². The molecule has 0 unspecified atom stereocenters. The summed E-state index contributed by atoms with van der Waals surface area (Å²) in [5.74, 6) is -0.105. The van der Waals surface area contributed by atoms with E-state index in [1.54, 1.807) is 12.1 Å². The van der Waals surface area contributed by atoms with E-state index in [9.17, 15) is 4.79 Å². The van der Waals surface area contributed by atoms with E-state index in [1.807, 2.05) is 20.8 Å². The maximum atomic E-state index is 11.0. The van der Waals surface area contributed by atoms with Gasteiger partial charge in [-0.3, -0.25) is 4.98 Å². The van der Waals surface area contributed by atoms with Gasteiger partial charge in [0, 0.05) is 24.2 Å². The van der Waals surface area contributed by atoms with E-state index in [4.69, 9.17) is 39.9 Å². The number of pyridine rings is 1. The summed E-state index contributed by atoms with van der Waals surface area (Å²) in [5.41, 5.74) is 0.352. The summed E-state index contributed by atoms with van der Waals surface area (Å²) in [5, 5.41) is 16.5. The lowest BCUT2D eigenvalue weighted by Crippen LogP contribution is -2.14. The summed E-state index contributed by atoms with van der Waals surface area (Å²) in [6, 6.07) is 5.11. The van der Waals surface area contributed by atoms with Crippen LogP contribution in [0.2, 0.25) is 15.3 Å². The average Bonchev–Trinajstić information content (AvgIpc) is 2.61. The predicted molar refractivity (Wildman–Crippen MR) is 116 cm³/mol. The number of nitrogens with zero attached hydrogens (tertiary/aromatic N) is 4. The Kier molecular flexibility index (Phi) is 8.19. The fourth-order valence-corrected chi connectivity index (χ4v) is 2.82. The van der Waals surface area contributed by atoms with Crippen molar-refractivity contribution in [3.8, 4) is 0 Å². The fraction of sp³-hybridized carbons (Fsp3) is 0.278. The number of aromatic nitrogens is 4. The highest BCUT2D eigenvalue weighted by Gasteiger charge is 2.14. The van der Waals surface area contributed by atoms with Crippen molar-refractivity contribution in [2.24, 2.45) is 0 Å². The summed E-state index contributed by atoms with van der Waals surface area (Å²) < 4.78 is 0. The van der Waals surface area contributed by atoms with Gasteiger partial charge in [0.25, 0.3) is 0 Å². The Labute approximate surface area is 182 Å². The molecule has 3 N–H and O–H groups in total. The number of benzene rings is 1. The minimum Gasteiger partial charge on any atom is -0.478 e. The summed E-state index contributed by atoms with van der Waals surface area (Å²) in [4.78, 5) is 26.9. The molecule has 29 heavy (non-hydrogen) atoms. The molecule has 0 saturated heterocycles.